The summed E-state index contributed by atoms with van der Waals surface area (Å²) in [6.07, 6.45) is 1.99. The van der Waals surface area contributed by atoms with Gasteiger partial charge in [-0.05, 0) is 25.8 Å². The van der Waals surface area contributed by atoms with E-state index < -0.39 is 0 Å². The van der Waals surface area contributed by atoms with E-state index >= 15 is 0 Å². The molecule has 1 atom stereocenters. The lowest BCUT2D eigenvalue weighted by Gasteiger charge is -2.15. The number of hydrogen-bond donors (Lipinski definition) is 3. The number of aliphatic hydroxyl groups is 1. The largest absolute Gasteiger partial charge is 0.396 e. The average molecular weight is 361 g/mol. The first-order chi connectivity index (χ1) is 12.2. The molecule has 136 valence electrons. The molecule has 5 nitrogen and oxygen atoms in total. The SMILES string of the molecule is CCNC(=NCC(CO)c1ccccc1)NCCCc1nc(C)cs1. The van der Waals surface area contributed by atoms with Gasteiger partial charge >= 0.3 is 0 Å². The fraction of sp³-hybridized carbons (Fsp3) is 0.474. The van der Waals surface area contributed by atoms with Crippen molar-refractivity contribution in [3.8, 4) is 0 Å². The van der Waals surface area contributed by atoms with Crippen LogP contribution in [0.3, 0.4) is 0 Å². The maximum absolute atomic E-state index is 9.65. The number of aromatic nitrogens is 1. The summed E-state index contributed by atoms with van der Waals surface area (Å²) >= 11 is 1.72. The van der Waals surface area contributed by atoms with Crippen LogP contribution in [0.4, 0.5) is 0 Å². The molecule has 3 N–H and O–H groups in total. The summed E-state index contributed by atoms with van der Waals surface area (Å²) in [5.41, 5.74) is 2.21. The first-order valence-corrected chi connectivity index (χ1v) is 9.70. The minimum Gasteiger partial charge on any atom is -0.396 e. The van der Waals surface area contributed by atoms with Crippen molar-refractivity contribution in [2.45, 2.75) is 32.6 Å². The lowest BCUT2D eigenvalue weighted by molar-refractivity contribution is 0.268. The van der Waals surface area contributed by atoms with Gasteiger partial charge in [0.1, 0.15) is 0 Å². The number of benzene rings is 1. The highest BCUT2D eigenvalue weighted by Gasteiger charge is 2.10. The fourth-order valence-electron chi connectivity index (χ4n) is 2.50. The Hall–Kier alpha value is -1.92. The summed E-state index contributed by atoms with van der Waals surface area (Å²) in [5, 5.41) is 19.5. The number of thiazole rings is 1. The smallest absolute Gasteiger partial charge is 0.191 e. The molecule has 0 radical (unpaired) electrons. The third-order valence-electron chi connectivity index (χ3n) is 3.83. The van der Waals surface area contributed by atoms with Gasteiger partial charge in [-0.15, -0.1) is 11.3 Å². The normalized spacial score (nSPS) is 12.8. The first kappa shape index (κ1) is 19.4. The monoisotopic (exact) mass is 360 g/mol. The molecule has 0 aliphatic carbocycles. The second-order valence-electron chi connectivity index (χ2n) is 5.92. The molecule has 0 spiro atoms. The van der Waals surface area contributed by atoms with Crippen molar-refractivity contribution in [1.29, 1.82) is 0 Å². The number of nitrogens with one attached hydrogen (secondary N) is 2. The summed E-state index contributed by atoms with van der Waals surface area (Å²) < 4.78 is 0. The van der Waals surface area contributed by atoms with Crippen molar-refractivity contribution >= 4 is 17.3 Å². The Kier molecular flexibility index (Phi) is 8.42. The summed E-state index contributed by atoms with van der Waals surface area (Å²) in [7, 11) is 0. The van der Waals surface area contributed by atoms with Crippen molar-refractivity contribution < 1.29 is 5.11 Å². The number of aliphatic imine (C=N–C) groups is 1. The van der Waals surface area contributed by atoms with Crippen LogP contribution in [0, 0.1) is 6.92 Å². The van der Waals surface area contributed by atoms with Gasteiger partial charge in [-0.3, -0.25) is 4.99 Å². The van der Waals surface area contributed by atoms with E-state index in [2.05, 4.69) is 32.9 Å². The standard InChI is InChI=1S/C19H28N4OS/c1-3-20-19(21-11-7-10-18-23-15(2)14-25-18)22-12-17(13-24)16-8-5-4-6-9-16/h4-6,8-9,14,17,24H,3,7,10-13H2,1-2H3,(H2,20,21,22). The van der Waals surface area contributed by atoms with Gasteiger partial charge in [0.2, 0.25) is 0 Å². The highest BCUT2D eigenvalue weighted by Crippen LogP contribution is 2.15. The topological polar surface area (TPSA) is 69.5 Å². The third kappa shape index (κ3) is 6.84. The van der Waals surface area contributed by atoms with Crippen LogP contribution in [-0.2, 0) is 6.42 Å². The molecular formula is C19H28N4OS. The van der Waals surface area contributed by atoms with Crippen molar-refractivity contribution in [3.05, 3.63) is 52.0 Å². The molecule has 1 heterocycles. The van der Waals surface area contributed by atoms with Crippen molar-refractivity contribution in [1.82, 2.24) is 15.6 Å². The second kappa shape index (κ2) is 10.8. The van der Waals surface area contributed by atoms with Gasteiger partial charge in [-0.25, -0.2) is 4.98 Å². The van der Waals surface area contributed by atoms with Crippen LogP contribution in [-0.4, -0.2) is 42.3 Å². The van der Waals surface area contributed by atoms with Crippen molar-refractivity contribution in [3.63, 3.8) is 0 Å². The van der Waals surface area contributed by atoms with E-state index in [1.165, 1.54) is 5.01 Å². The molecule has 25 heavy (non-hydrogen) atoms. The molecule has 0 saturated heterocycles. The predicted octanol–water partition coefficient (Wildman–Crippen LogP) is 2.72. The summed E-state index contributed by atoms with van der Waals surface area (Å²) in [4.78, 5) is 9.12. The maximum atomic E-state index is 9.65. The Morgan fingerprint density at radius 3 is 2.72 bits per heavy atom. The van der Waals surface area contributed by atoms with E-state index in [0.29, 0.717) is 6.54 Å². The molecule has 0 amide bonds. The molecule has 1 aromatic carbocycles. The van der Waals surface area contributed by atoms with Crippen LogP contribution in [0.1, 0.15) is 35.5 Å². The number of hydrogen-bond acceptors (Lipinski definition) is 4. The van der Waals surface area contributed by atoms with Gasteiger partial charge < -0.3 is 15.7 Å². The van der Waals surface area contributed by atoms with Gasteiger partial charge in [-0.1, -0.05) is 30.3 Å². The molecule has 2 rings (SSSR count). The maximum Gasteiger partial charge on any atom is 0.191 e. The third-order valence-corrected chi connectivity index (χ3v) is 4.86. The second-order valence-corrected chi connectivity index (χ2v) is 6.87. The average Bonchev–Trinajstić information content (AvgIpc) is 3.05. The van der Waals surface area contributed by atoms with E-state index in [9.17, 15) is 5.11 Å². The highest BCUT2D eigenvalue weighted by molar-refractivity contribution is 7.09. The lowest BCUT2D eigenvalue weighted by Crippen LogP contribution is -2.38. The Morgan fingerprint density at radius 1 is 1.28 bits per heavy atom. The van der Waals surface area contributed by atoms with Crippen molar-refractivity contribution in [2.75, 3.05) is 26.2 Å². The minimum atomic E-state index is 0.0231. The molecule has 2 aromatic rings. The predicted molar refractivity (Wildman–Crippen MR) is 105 cm³/mol. The van der Waals surface area contributed by atoms with Crippen molar-refractivity contribution in [2.24, 2.45) is 4.99 Å². The van der Waals surface area contributed by atoms with Crippen LogP contribution < -0.4 is 10.6 Å². The number of nitrogens with zero attached hydrogens (tertiary/aromatic N) is 2. The Morgan fingerprint density at radius 2 is 2.08 bits per heavy atom. The molecule has 1 aromatic heterocycles. The zero-order valence-corrected chi connectivity index (χ0v) is 15.9. The van der Waals surface area contributed by atoms with Crippen LogP contribution in [0.5, 0.6) is 0 Å². The zero-order chi connectivity index (χ0) is 17.9. The van der Waals surface area contributed by atoms with Crippen LogP contribution in [0.15, 0.2) is 40.7 Å². The number of aliphatic hydroxyl groups excluding tert-OH is 1. The molecule has 0 fully saturated rings. The lowest BCUT2D eigenvalue weighted by atomic mass is 10.0. The van der Waals surface area contributed by atoms with Gasteiger partial charge in [0.15, 0.2) is 5.96 Å². The van der Waals surface area contributed by atoms with Gasteiger partial charge in [-0.2, -0.15) is 0 Å². The Labute approximate surface area is 154 Å². The molecule has 0 aliphatic heterocycles. The first-order valence-electron chi connectivity index (χ1n) is 8.82. The number of guanidine groups is 1. The van der Waals surface area contributed by atoms with E-state index in [-0.39, 0.29) is 12.5 Å². The quantitative estimate of drug-likeness (QED) is 0.365. The van der Waals surface area contributed by atoms with Crippen LogP contribution in [0.25, 0.3) is 0 Å². The Bertz CT molecular complexity index is 642. The Balaban J connectivity index is 1.82. The molecule has 1 unspecified atom stereocenters. The fourth-order valence-corrected chi connectivity index (χ4v) is 3.32. The molecule has 0 saturated carbocycles. The van der Waals surface area contributed by atoms with Gasteiger partial charge in [0.25, 0.3) is 0 Å². The van der Waals surface area contributed by atoms with Gasteiger partial charge in [0.05, 0.1) is 18.2 Å². The van der Waals surface area contributed by atoms with Crippen LogP contribution in [0.2, 0.25) is 0 Å². The highest BCUT2D eigenvalue weighted by atomic mass is 32.1. The summed E-state index contributed by atoms with van der Waals surface area (Å²) in [5.74, 6) is 0.821. The summed E-state index contributed by atoms with van der Waals surface area (Å²) in [6.45, 7) is 6.39. The van der Waals surface area contributed by atoms with E-state index in [1.54, 1.807) is 11.3 Å². The molecule has 6 heteroatoms. The van der Waals surface area contributed by atoms with Crippen LogP contribution >= 0.6 is 11.3 Å². The number of aryl methyl sites for hydroxylation is 2. The van der Waals surface area contributed by atoms with E-state index in [1.807, 2.05) is 37.3 Å². The summed E-state index contributed by atoms with van der Waals surface area (Å²) in [6, 6.07) is 10.0. The minimum absolute atomic E-state index is 0.0231. The molecule has 0 bridgehead atoms. The molecule has 0 aliphatic rings. The van der Waals surface area contributed by atoms with E-state index in [0.717, 1.165) is 43.1 Å². The number of rotatable bonds is 9. The molecular weight excluding hydrogens is 332 g/mol. The zero-order valence-electron chi connectivity index (χ0n) is 15.0. The van der Waals surface area contributed by atoms with Gasteiger partial charge in [0, 0.05) is 36.5 Å². The van der Waals surface area contributed by atoms with E-state index in [4.69, 9.17) is 0 Å².